The summed E-state index contributed by atoms with van der Waals surface area (Å²) in [6, 6.07) is 4.56. The first-order chi connectivity index (χ1) is 9.28. The fourth-order valence-electron chi connectivity index (χ4n) is 3.65. The third-order valence-electron chi connectivity index (χ3n) is 4.58. The lowest BCUT2D eigenvalue weighted by Gasteiger charge is -2.39. The second-order valence-corrected chi connectivity index (χ2v) is 7.73. The van der Waals surface area contributed by atoms with Crippen molar-refractivity contribution in [2.24, 2.45) is 0 Å². The predicted molar refractivity (Wildman–Crippen MR) is 85.7 cm³/mol. The average molecular weight is 343 g/mol. The average Bonchev–Trinajstić information content (AvgIpc) is 2.90. The largest absolute Gasteiger partial charge is 0.314 e. The van der Waals surface area contributed by atoms with Gasteiger partial charge in [-0.25, -0.2) is 0 Å². The van der Waals surface area contributed by atoms with Crippen LogP contribution in [0.1, 0.15) is 43.9 Å². The van der Waals surface area contributed by atoms with Crippen LogP contribution in [0.15, 0.2) is 15.9 Å². The zero-order valence-electron chi connectivity index (χ0n) is 11.6. The molecule has 1 aromatic heterocycles. The fourth-order valence-corrected chi connectivity index (χ4v) is 5.14. The number of piperidine rings is 1. The van der Waals surface area contributed by atoms with Crippen LogP contribution >= 0.6 is 27.3 Å². The number of nitrogens with one attached hydrogen (secondary N) is 1. The molecular weight excluding hydrogens is 320 g/mol. The van der Waals surface area contributed by atoms with E-state index in [1.54, 1.807) is 0 Å². The Labute approximate surface area is 128 Å². The first-order valence-electron chi connectivity index (χ1n) is 7.49. The molecule has 2 fully saturated rings. The molecule has 0 aliphatic carbocycles. The van der Waals surface area contributed by atoms with Gasteiger partial charge in [0.1, 0.15) is 0 Å². The molecule has 106 valence electrons. The van der Waals surface area contributed by atoms with E-state index in [9.17, 15) is 0 Å². The smallest absolute Gasteiger partial charge is 0.0345 e. The Bertz CT molecular complexity index is 406. The summed E-state index contributed by atoms with van der Waals surface area (Å²) >= 11 is 5.56. The van der Waals surface area contributed by atoms with E-state index in [2.05, 4.69) is 44.5 Å². The molecular formula is C15H23BrN2S. The molecule has 2 aliphatic rings. The van der Waals surface area contributed by atoms with E-state index < -0.39 is 0 Å². The Balaban J connectivity index is 1.62. The van der Waals surface area contributed by atoms with Crippen LogP contribution in [-0.4, -0.2) is 29.6 Å². The molecule has 0 spiro atoms. The highest BCUT2D eigenvalue weighted by molar-refractivity contribution is 9.10. The van der Waals surface area contributed by atoms with Gasteiger partial charge in [0.25, 0.3) is 0 Å². The van der Waals surface area contributed by atoms with Gasteiger partial charge < -0.3 is 5.32 Å². The van der Waals surface area contributed by atoms with Gasteiger partial charge in [-0.2, -0.15) is 0 Å². The van der Waals surface area contributed by atoms with Crippen LogP contribution in [0.4, 0.5) is 0 Å². The normalized spacial score (nSPS) is 30.9. The van der Waals surface area contributed by atoms with E-state index in [0.29, 0.717) is 0 Å². The summed E-state index contributed by atoms with van der Waals surface area (Å²) in [4.78, 5) is 4.26. The molecule has 19 heavy (non-hydrogen) atoms. The predicted octanol–water partition coefficient (Wildman–Crippen LogP) is 4.01. The Morgan fingerprint density at radius 1 is 1.37 bits per heavy atom. The minimum absolute atomic E-state index is 0.764. The molecule has 2 nitrogen and oxygen atoms in total. The number of hydrogen-bond acceptors (Lipinski definition) is 3. The molecule has 2 aliphatic heterocycles. The zero-order chi connectivity index (χ0) is 13.2. The molecule has 2 saturated heterocycles. The molecule has 3 heterocycles. The molecule has 2 unspecified atom stereocenters. The minimum Gasteiger partial charge on any atom is -0.314 e. The SMILES string of the molecule is CCCNC1CC2CCC(C1)N2Cc1sccc1Br. The van der Waals surface area contributed by atoms with Crippen LogP contribution < -0.4 is 5.32 Å². The Hall–Kier alpha value is 0.100. The molecule has 0 amide bonds. The third-order valence-corrected chi connectivity index (χ3v) is 6.50. The van der Waals surface area contributed by atoms with E-state index in [1.807, 2.05) is 11.3 Å². The molecule has 0 saturated carbocycles. The maximum atomic E-state index is 3.73. The van der Waals surface area contributed by atoms with Gasteiger partial charge in [-0.3, -0.25) is 4.90 Å². The van der Waals surface area contributed by atoms with Gasteiger partial charge in [0.2, 0.25) is 0 Å². The molecule has 2 atom stereocenters. The summed E-state index contributed by atoms with van der Waals surface area (Å²) < 4.78 is 1.29. The van der Waals surface area contributed by atoms with E-state index in [4.69, 9.17) is 0 Å². The van der Waals surface area contributed by atoms with Gasteiger partial charge in [-0.15, -0.1) is 11.3 Å². The van der Waals surface area contributed by atoms with Gasteiger partial charge in [0.15, 0.2) is 0 Å². The van der Waals surface area contributed by atoms with Gasteiger partial charge >= 0.3 is 0 Å². The van der Waals surface area contributed by atoms with Gasteiger partial charge in [-0.05, 0) is 66.0 Å². The molecule has 0 radical (unpaired) electrons. The van der Waals surface area contributed by atoms with Crippen molar-refractivity contribution < 1.29 is 0 Å². The summed E-state index contributed by atoms with van der Waals surface area (Å²) in [5.74, 6) is 0. The summed E-state index contributed by atoms with van der Waals surface area (Å²) in [7, 11) is 0. The number of thiophene rings is 1. The quantitative estimate of drug-likeness (QED) is 0.869. The van der Waals surface area contributed by atoms with Crippen LogP contribution in [0.5, 0.6) is 0 Å². The Kier molecular flexibility index (Phi) is 4.62. The Morgan fingerprint density at radius 3 is 2.68 bits per heavy atom. The summed E-state index contributed by atoms with van der Waals surface area (Å²) in [6.07, 6.45) is 6.74. The van der Waals surface area contributed by atoms with Gasteiger partial charge in [0, 0.05) is 34.0 Å². The minimum atomic E-state index is 0.764. The maximum absolute atomic E-state index is 3.73. The first kappa shape index (κ1) is 14.1. The molecule has 2 bridgehead atoms. The molecule has 1 aromatic rings. The second-order valence-electron chi connectivity index (χ2n) is 5.87. The number of halogens is 1. The fraction of sp³-hybridized carbons (Fsp3) is 0.733. The van der Waals surface area contributed by atoms with Crippen LogP contribution in [0.3, 0.4) is 0 Å². The van der Waals surface area contributed by atoms with Crippen molar-refractivity contribution in [3.05, 3.63) is 20.8 Å². The van der Waals surface area contributed by atoms with Crippen LogP contribution in [0.2, 0.25) is 0 Å². The highest BCUT2D eigenvalue weighted by Gasteiger charge is 2.40. The summed E-state index contributed by atoms with van der Waals surface area (Å²) in [6.45, 7) is 4.58. The number of hydrogen-bond donors (Lipinski definition) is 1. The van der Waals surface area contributed by atoms with Crippen LogP contribution in [0, 0.1) is 0 Å². The highest BCUT2D eigenvalue weighted by Crippen LogP contribution is 2.38. The van der Waals surface area contributed by atoms with E-state index in [0.717, 1.165) is 24.7 Å². The summed E-state index contributed by atoms with van der Waals surface area (Å²) in [5.41, 5.74) is 0. The van der Waals surface area contributed by atoms with Crippen molar-refractivity contribution >= 4 is 27.3 Å². The van der Waals surface area contributed by atoms with Crippen LogP contribution in [0.25, 0.3) is 0 Å². The van der Waals surface area contributed by atoms with Crippen molar-refractivity contribution in [2.45, 2.75) is 63.7 Å². The summed E-state index contributed by atoms with van der Waals surface area (Å²) in [5, 5.41) is 5.92. The van der Waals surface area contributed by atoms with Crippen molar-refractivity contribution in [3.63, 3.8) is 0 Å². The Morgan fingerprint density at radius 2 is 2.11 bits per heavy atom. The van der Waals surface area contributed by atoms with Gasteiger partial charge in [-0.1, -0.05) is 6.92 Å². The van der Waals surface area contributed by atoms with E-state index in [-0.39, 0.29) is 0 Å². The lowest BCUT2D eigenvalue weighted by molar-refractivity contribution is 0.110. The number of nitrogens with zero attached hydrogens (tertiary/aromatic N) is 1. The van der Waals surface area contributed by atoms with E-state index in [1.165, 1.54) is 48.0 Å². The third kappa shape index (κ3) is 3.07. The maximum Gasteiger partial charge on any atom is 0.0345 e. The van der Waals surface area contributed by atoms with E-state index >= 15 is 0 Å². The standard InChI is InChI=1S/C15H23BrN2S/c1-2-6-17-11-8-12-3-4-13(9-11)18(12)10-15-14(16)5-7-19-15/h5,7,11-13,17H,2-4,6,8-10H2,1H3. The highest BCUT2D eigenvalue weighted by atomic mass is 79.9. The van der Waals surface area contributed by atoms with Gasteiger partial charge in [0.05, 0.1) is 0 Å². The lowest BCUT2D eigenvalue weighted by Crippen LogP contribution is -2.48. The van der Waals surface area contributed by atoms with Crippen molar-refractivity contribution in [2.75, 3.05) is 6.54 Å². The zero-order valence-corrected chi connectivity index (χ0v) is 14.0. The topological polar surface area (TPSA) is 15.3 Å². The number of fused-ring (bicyclic) bond motifs is 2. The monoisotopic (exact) mass is 342 g/mol. The van der Waals surface area contributed by atoms with Crippen molar-refractivity contribution in [3.8, 4) is 0 Å². The number of rotatable bonds is 5. The second kappa shape index (κ2) is 6.25. The van der Waals surface area contributed by atoms with Crippen LogP contribution in [-0.2, 0) is 6.54 Å². The lowest BCUT2D eigenvalue weighted by atomic mass is 9.97. The van der Waals surface area contributed by atoms with Crippen molar-refractivity contribution in [1.82, 2.24) is 10.2 Å². The molecule has 4 heteroatoms. The molecule has 3 rings (SSSR count). The first-order valence-corrected chi connectivity index (χ1v) is 9.16. The molecule has 0 aromatic carbocycles. The van der Waals surface area contributed by atoms with Crippen molar-refractivity contribution in [1.29, 1.82) is 0 Å². The molecule has 1 N–H and O–H groups in total.